The molecule has 2 aromatic rings. The van der Waals surface area contributed by atoms with Crippen LogP contribution in [0.4, 0.5) is 0 Å². The number of carbonyl (C=O) groups excluding carboxylic acids is 1. The lowest BCUT2D eigenvalue weighted by molar-refractivity contribution is -0.0116. The minimum atomic E-state index is -0.317. The number of esters is 1. The summed E-state index contributed by atoms with van der Waals surface area (Å²) >= 11 is 3.57. The number of nitrogens with zero attached hydrogens (tertiary/aromatic N) is 1. The second-order valence-corrected chi connectivity index (χ2v) is 8.27. The fourth-order valence-corrected chi connectivity index (χ4v) is 4.17. The minimum Gasteiger partial charge on any atom is -0.496 e. The van der Waals surface area contributed by atoms with Crippen molar-refractivity contribution in [2.24, 2.45) is 0 Å². The summed E-state index contributed by atoms with van der Waals surface area (Å²) in [5.41, 5.74) is 2.93. The molecule has 0 saturated carbocycles. The number of halogens is 1. The fourth-order valence-electron chi connectivity index (χ4n) is 3.58. The molecule has 2 atom stereocenters. The zero-order valence-electron chi connectivity index (χ0n) is 17.7. The van der Waals surface area contributed by atoms with Crippen LogP contribution in [-0.2, 0) is 16.0 Å². The summed E-state index contributed by atoms with van der Waals surface area (Å²) in [7, 11) is 3.07. The molecule has 2 aromatic carbocycles. The molecule has 7 heteroatoms. The third kappa shape index (κ3) is 5.82. The Labute approximate surface area is 186 Å². The summed E-state index contributed by atoms with van der Waals surface area (Å²) in [6.07, 6.45) is 0. The van der Waals surface area contributed by atoms with E-state index in [0.29, 0.717) is 12.2 Å². The summed E-state index contributed by atoms with van der Waals surface area (Å²) in [6.45, 7) is 6.16. The van der Waals surface area contributed by atoms with Gasteiger partial charge in [-0.05, 0) is 58.2 Å². The van der Waals surface area contributed by atoms with E-state index in [1.807, 2.05) is 18.2 Å². The molecule has 0 aromatic heterocycles. The summed E-state index contributed by atoms with van der Waals surface area (Å²) in [6, 6.07) is 14.2. The second kappa shape index (κ2) is 10.9. The van der Waals surface area contributed by atoms with Gasteiger partial charge in [0.25, 0.3) is 0 Å². The highest BCUT2D eigenvalue weighted by Crippen LogP contribution is 2.26. The van der Waals surface area contributed by atoms with Crippen LogP contribution < -0.4 is 10.1 Å². The van der Waals surface area contributed by atoms with Crippen molar-refractivity contribution in [2.45, 2.75) is 25.6 Å². The molecule has 162 valence electrons. The maximum absolute atomic E-state index is 11.6. The van der Waals surface area contributed by atoms with Crippen LogP contribution in [0.15, 0.2) is 46.9 Å². The maximum atomic E-state index is 11.6. The van der Waals surface area contributed by atoms with Crippen LogP contribution >= 0.6 is 15.9 Å². The first-order chi connectivity index (χ1) is 14.5. The quantitative estimate of drug-likeness (QED) is 0.584. The van der Waals surface area contributed by atoms with E-state index in [0.717, 1.165) is 42.0 Å². The molecule has 30 heavy (non-hydrogen) atoms. The molecule has 1 saturated heterocycles. The van der Waals surface area contributed by atoms with E-state index in [1.165, 1.54) is 12.7 Å². The van der Waals surface area contributed by atoms with Crippen molar-refractivity contribution >= 4 is 21.9 Å². The molecular formula is C23H29BrN2O4. The van der Waals surface area contributed by atoms with E-state index in [2.05, 4.69) is 45.2 Å². The van der Waals surface area contributed by atoms with Gasteiger partial charge in [-0.1, -0.05) is 18.2 Å². The fraction of sp³-hybridized carbons (Fsp3) is 0.435. The lowest BCUT2D eigenvalue weighted by Crippen LogP contribution is -2.50. The van der Waals surface area contributed by atoms with Crippen molar-refractivity contribution in [2.75, 3.05) is 40.5 Å². The molecule has 6 nitrogen and oxygen atoms in total. The van der Waals surface area contributed by atoms with Crippen molar-refractivity contribution in [3.8, 4) is 5.75 Å². The predicted molar refractivity (Wildman–Crippen MR) is 120 cm³/mol. The number of ether oxygens (including phenoxy) is 3. The van der Waals surface area contributed by atoms with Gasteiger partial charge in [-0.3, -0.25) is 4.90 Å². The van der Waals surface area contributed by atoms with Gasteiger partial charge in [0.2, 0.25) is 0 Å². The largest absolute Gasteiger partial charge is 0.496 e. The van der Waals surface area contributed by atoms with Crippen molar-refractivity contribution in [3.05, 3.63) is 63.6 Å². The highest BCUT2D eigenvalue weighted by Gasteiger charge is 2.24. The molecule has 0 spiro atoms. The van der Waals surface area contributed by atoms with Gasteiger partial charge in [-0.25, -0.2) is 4.79 Å². The normalized spacial score (nSPS) is 18.1. The Hall–Kier alpha value is -1.93. The molecule has 0 unspecified atom stereocenters. The van der Waals surface area contributed by atoms with Gasteiger partial charge in [-0.15, -0.1) is 0 Å². The van der Waals surface area contributed by atoms with Crippen LogP contribution in [0.5, 0.6) is 5.75 Å². The number of methoxy groups -OCH3 is 2. The smallest absolute Gasteiger partial charge is 0.337 e. The van der Waals surface area contributed by atoms with Crippen molar-refractivity contribution in [1.29, 1.82) is 0 Å². The Morgan fingerprint density at radius 2 is 2.03 bits per heavy atom. The first-order valence-electron chi connectivity index (χ1n) is 10.1. The number of rotatable bonds is 8. The van der Waals surface area contributed by atoms with Crippen LogP contribution in [-0.4, -0.2) is 57.4 Å². The zero-order valence-corrected chi connectivity index (χ0v) is 19.3. The third-order valence-electron chi connectivity index (χ3n) is 5.44. The van der Waals surface area contributed by atoms with Gasteiger partial charge in [-0.2, -0.15) is 0 Å². The maximum Gasteiger partial charge on any atom is 0.337 e. The standard InChI is InChI=1S/C23H29BrN2O4/c1-16(18-5-7-19(8-6-18)23(27)29-3)25-13-20-15-30-11-10-26(20)14-17-4-9-22(28-2)21(24)12-17/h4-9,12,16,20,25H,10-11,13-15H2,1-3H3/t16-,20-/m0/s1. The SMILES string of the molecule is COC(=O)c1ccc([C@H](C)NC[C@H]2COCCN2Cc2ccc(OC)c(Br)c2)cc1. The second-order valence-electron chi connectivity index (χ2n) is 7.41. The molecule has 0 aliphatic carbocycles. The van der Waals surface area contributed by atoms with Crippen molar-refractivity contribution in [3.63, 3.8) is 0 Å². The molecule has 0 amide bonds. The zero-order chi connectivity index (χ0) is 21.5. The Morgan fingerprint density at radius 1 is 1.27 bits per heavy atom. The molecule has 1 heterocycles. The topological polar surface area (TPSA) is 60.0 Å². The average Bonchev–Trinajstić information content (AvgIpc) is 2.78. The lowest BCUT2D eigenvalue weighted by Gasteiger charge is -2.36. The third-order valence-corrected chi connectivity index (χ3v) is 6.06. The molecule has 1 N–H and O–H groups in total. The van der Waals surface area contributed by atoms with Gasteiger partial charge >= 0.3 is 5.97 Å². The molecule has 1 aliphatic heterocycles. The number of hydrogen-bond donors (Lipinski definition) is 1. The Kier molecular flexibility index (Phi) is 8.27. The molecule has 0 radical (unpaired) electrons. The lowest BCUT2D eigenvalue weighted by atomic mass is 10.1. The first-order valence-corrected chi connectivity index (χ1v) is 10.9. The van der Waals surface area contributed by atoms with E-state index in [9.17, 15) is 4.79 Å². The van der Waals surface area contributed by atoms with E-state index >= 15 is 0 Å². The molecule has 0 bridgehead atoms. The van der Waals surface area contributed by atoms with Gasteiger partial charge in [0, 0.05) is 31.7 Å². The Bertz CT molecular complexity index is 844. The first kappa shape index (κ1) is 22.7. The Morgan fingerprint density at radius 3 is 2.70 bits per heavy atom. The van der Waals surface area contributed by atoms with E-state index in [-0.39, 0.29) is 18.1 Å². The van der Waals surface area contributed by atoms with Crippen molar-refractivity contribution < 1.29 is 19.0 Å². The van der Waals surface area contributed by atoms with Crippen LogP contribution in [0.1, 0.15) is 34.5 Å². The highest BCUT2D eigenvalue weighted by atomic mass is 79.9. The van der Waals surface area contributed by atoms with E-state index < -0.39 is 0 Å². The van der Waals surface area contributed by atoms with Gasteiger partial charge in [0.05, 0.1) is 37.5 Å². The van der Waals surface area contributed by atoms with E-state index in [4.69, 9.17) is 14.2 Å². The van der Waals surface area contributed by atoms with Crippen LogP contribution in [0, 0.1) is 0 Å². The van der Waals surface area contributed by atoms with Crippen molar-refractivity contribution in [1.82, 2.24) is 10.2 Å². The molecule has 3 rings (SSSR count). The summed E-state index contributed by atoms with van der Waals surface area (Å²) in [4.78, 5) is 14.1. The van der Waals surface area contributed by atoms with Gasteiger partial charge in [0.1, 0.15) is 5.75 Å². The highest BCUT2D eigenvalue weighted by molar-refractivity contribution is 9.10. The molecular weight excluding hydrogens is 448 g/mol. The molecule has 1 fully saturated rings. The number of carbonyl (C=O) groups is 1. The average molecular weight is 477 g/mol. The number of nitrogens with one attached hydrogen (secondary N) is 1. The summed E-state index contributed by atoms with van der Waals surface area (Å²) in [5, 5.41) is 3.61. The number of morpholine rings is 1. The van der Waals surface area contributed by atoms with Crippen LogP contribution in [0.2, 0.25) is 0 Å². The summed E-state index contributed by atoms with van der Waals surface area (Å²) in [5.74, 6) is 0.522. The van der Waals surface area contributed by atoms with E-state index in [1.54, 1.807) is 19.2 Å². The monoisotopic (exact) mass is 476 g/mol. The predicted octanol–water partition coefficient (Wildman–Crippen LogP) is 3.80. The van der Waals surface area contributed by atoms with Crippen LogP contribution in [0.3, 0.4) is 0 Å². The summed E-state index contributed by atoms with van der Waals surface area (Å²) < 4.78 is 16.8. The van der Waals surface area contributed by atoms with Gasteiger partial charge < -0.3 is 19.5 Å². The molecule has 1 aliphatic rings. The minimum absolute atomic E-state index is 0.163. The number of hydrogen-bond acceptors (Lipinski definition) is 6. The van der Waals surface area contributed by atoms with Crippen LogP contribution in [0.25, 0.3) is 0 Å². The van der Waals surface area contributed by atoms with Gasteiger partial charge in [0.15, 0.2) is 0 Å². The Balaban J connectivity index is 1.58. The number of benzene rings is 2.